The van der Waals surface area contributed by atoms with Crippen molar-refractivity contribution in [1.82, 2.24) is 19.9 Å². The molecule has 26 heavy (non-hydrogen) atoms. The molecular formula is C20H14N4Ru2. The molecule has 2 aliphatic rings. The molecule has 6 heteroatoms. The van der Waals surface area contributed by atoms with Crippen molar-refractivity contribution in [3.63, 3.8) is 0 Å². The van der Waals surface area contributed by atoms with Crippen molar-refractivity contribution in [2.45, 2.75) is 0 Å². The fourth-order valence-corrected chi connectivity index (χ4v) is 2.94. The predicted molar refractivity (Wildman–Crippen MR) is 98.9 cm³/mol. The van der Waals surface area contributed by atoms with Gasteiger partial charge in [-0.3, -0.25) is 0 Å². The van der Waals surface area contributed by atoms with Crippen molar-refractivity contribution in [2.24, 2.45) is 0 Å². The van der Waals surface area contributed by atoms with E-state index in [1.807, 2.05) is 48.6 Å². The Labute approximate surface area is 176 Å². The Hall–Kier alpha value is -2.15. The van der Waals surface area contributed by atoms with Gasteiger partial charge in [0.2, 0.25) is 0 Å². The summed E-state index contributed by atoms with van der Waals surface area (Å²) in [6.45, 7) is 0. The third kappa shape index (κ3) is 3.82. The molecule has 5 heterocycles. The van der Waals surface area contributed by atoms with Gasteiger partial charge in [0, 0.05) is 61.0 Å². The van der Waals surface area contributed by atoms with Gasteiger partial charge in [-0.25, -0.2) is 9.97 Å². The molecule has 2 N–H and O–H groups in total. The molecule has 0 fully saturated rings. The third-order valence-electron chi connectivity index (χ3n) is 4.04. The van der Waals surface area contributed by atoms with Crippen LogP contribution in [0.25, 0.3) is 46.4 Å². The Kier molecular flexibility index (Phi) is 5.46. The van der Waals surface area contributed by atoms with Crippen LogP contribution in [0.3, 0.4) is 0 Å². The number of nitrogens with one attached hydrogen (secondary N) is 2. The monoisotopic (exact) mass is 514 g/mol. The first-order valence-corrected chi connectivity index (χ1v) is 7.85. The average Bonchev–Trinajstić information content (AvgIpc) is 3.32. The fourth-order valence-electron chi connectivity index (χ4n) is 2.94. The summed E-state index contributed by atoms with van der Waals surface area (Å²) < 4.78 is 0. The fraction of sp³-hybridized carbons (Fsp3) is 0. The molecule has 3 aromatic heterocycles. The van der Waals surface area contributed by atoms with E-state index in [0.717, 1.165) is 44.8 Å². The van der Waals surface area contributed by atoms with Crippen LogP contribution in [0, 0.1) is 0 Å². The first kappa shape index (κ1) is 18.6. The van der Waals surface area contributed by atoms with Gasteiger partial charge in [0.15, 0.2) is 0 Å². The number of nitrogens with zero attached hydrogens (tertiary/aromatic N) is 2. The van der Waals surface area contributed by atoms with Crippen molar-refractivity contribution in [1.29, 1.82) is 0 Å². The normalized spacial score (nSPS) is 11.7. The smallest absolute Gasteiger partial charge is 0.0658 e. The van der Waals surface area contributed by atoms with Crippen LogP contribution < -0.4 is 0 Å². The van der Waals surface area contributed by atoms with Crippen LogP contribution in [0.2, 0.25) is 0 Å². The quantitative estimate of drug-likeness (QED) is 0.297. The molecule has 0 spiro atoms. The molecule has 130 valence electrons. The predicted octanol–water partition coefficient (Wildman–Crippen LogP) is 4.65. The van der Waals surface area contributed by atoms with Crippen molar-refractivity contribution in [2.75, 3.05) is 0 Å². The van der Waals surface area contributed by atoms with E-state index < -0.39 is 0 Å². The van der Waals surface area contributed by atoms with Gasteiger partial charge in [0.1, 0.15) is 0 Å². The molecule has 0 amide bonds. The molecule has 0 aromatic carbocycles. The van der Waals surface area contributed by atoms with Crippen molar-refractivity contribution >= 4 is 46.4 Å². The van der Waals surface area contributed by atoms with Gasteiger partial charge in [-0.2, -0.15) is 0 Å². The number of rotatable bonds is 0. The zero-order chi connectivity index (χ0) is 15.9. The number of hydrogen-bond donors (Lipinski definition) is 2. The van der Waals surface area contributed by atoms with Crippen LogP contribution in [-0.2, 0) is 39.0 Å². The topological polar surface area (TPSA) is 57.4 Å². The van der Waals surface area contributed by atoms with Crippen molar-refractivity contribution in [3.8, 4) is 0 Å². The first-order chi connectivity index (χ1) is 11.8. The second-order valence-corrected chi connectivity index (χ2v) is 5.91. The van der Waals surface area contributed by atoms with E-state index in [-0.39, 0.29) is 39.0 Å². The van der Waals surface area contributed by atoms with E-state index in [4.69, 9.17) is 0 Å². The third-order valence-corrected chi connectivity index (χ3v) is 4.04. The Morgan fingerprint density at radius 3 is 1.00 bits per heavy atom. The number of H-pyrrole nitrogens is 2. The molecule has 8 bridgehead atoms. The number of fused-ring (bicyclic) bond motifs is 8. The van der Waals surface area contributed by atoms with Gasteiger partial charge in [-0.15, -0.1) is 0 Å². The maximum absolute atomic E-state index is 4.63. The summed E-state index contributed by atoms with van der Waals surface area (Å²) in [5.74, 6) is 0. The number of aromatic amines is 2. The van der Waals surface area contributed by atoms with Crippen molar-refractivity contribution in [3.05, 3.63) is 71.3 Å². The maximum Gasteiger partial charge on any atom is 0.0658 e. The molecular weight excluding hydrogens is 498 g/mol. The summed E-state index contributed by atoms with van der Waals surface area (Å²) in [4.78, 5) is 16.0. The van der Waals surface area contributed by atoms with Gasteiger partial charge < -0.3 is 9.97 Å². The molecule has 0 aliphatic carbocycles. The summed E-state index contributed by atoms with van der Waals surface area (Å²) in [5.41, 5.74) is 7.86. The summed E-state index contributed by atoms with van der Waals surface area (Å²) >= 11 is 0. The minimum absolute atomic E-state index is 0. The Balaban J connectivity index is 0.000000980. The molecule has 0 atom stereocenters. The van der Waals surface area contributed by atoms with Gasteiger partial charge in [0.05, 0.1) is 22.8 Å². The van der Waals surface area contributed by atoms with E-state index in [1.165, 1.54) is 0 Å². The van der Waals surface area contributed by atoms with Crippen LogP contribution in [-0.4, -0.2) is 19.9 Å². The van der Waals surface area contributed by atoms with Crippen LogP contribution in [0.15, 0.2) is 48.5 Å². The van der Waals surface area contributed by atoms with Gasteiger partial charge in [-0.1, -0.05) is 0 Å². The molecule has 0 unspecified atom stereocenters. The van der Waals surface area contributed by atoms with Gasteiger partial charge in [0.25, 0.3) is 0 Å². The Morgan fingerprint density at radius 1 is 0.462 bits per heavy atom. The van der Waals surface area contributed by atoms with Crippen LogP contribution in [0.5, 0.6) is 0 Å². The molecule has 2 aliphatic heterocycles. The molecule has 0 saturated carbocycles. The van der Waals surface area contributed by atoms with E-state index in [0.29, 0.717) is 0 Å². The zero-order valence-electron chi connectivity index (χ0n) is 13.5. The minimum atomic E-state index is 0. The van der Waals surface area contributed by atoms with E-state index in [2.05, 4.69) is 44.2 Å². The van der Waals surface area contributed by atoms with Crippen molar-refractivity contribution < 1.29 is 39.0 Å². The standard InChI is InChI=1S/C20H14N4.2Ru/c1-2-14-10-16-5-6-18(23-16)12-20-8-7-19(24-20)11-17-4-3-15(22-17)9-13(1)21-14;;/h1-12,21,24H;;. The van der Waals surface area contributed by atoms with E-state index in [1.54, 1.807) is 0 Å². The van der Waals surface area contributed by atoms with Crippen LogP contribution in [0.1, 0.15) is 22.8 Å². The summed E-state index contributed by atoms with van der Waals surface area (Å²) in [5, 5.41) is 0. The molecule has 5 rings (SSSR count). The maximum atomic E-state index is 4.63. The van der Waals surface area contributed by atoms with Crippen LogP contribution >= 0.6 is 0 Å². The zero-order valence-corrected chi connectivity index (χ0v) is 17.0. The molecule has 3 aromatic rings. The first-order valence-electron chi connectivity index (χ1n) is 7.85. The Morgan fingerprint density at radius 2 is 0.731 bits per heavy atom. The Bertz CT molecular complexity index is 994. The summed E-state index contributed by atoms with van der Waals surface area (Å²) in [6, 6.07) is 16.4. The van der Waals surface area contributed by atoms with Gasteiger partial charge in [-0.05, 0) is 72.8 Å². The molecule has 0 saturated heterocycles. The van der Waals surface area contributed by atoms with E-state index in [9.17, 15) is 0 Å². The second-order valence-electron chi connectivity index (χ2n) is 5.91. The summed E-state index contributed by atoms with van der Waals surface area (Å²) in [6.07, 6.45) is 8.09. The second kappa shape index (κ2) is 7.61. The van der Waals surface area contributed by atoms with Crippen LogP contribution in [0.4, 0.5) is 0 Å². The van der Waals surface area contributed by atoms with Gasteiger partial charge >= 0.3 is 0 Å². The largest absolute Gasteiger partial charge is 0.355 e. The summed E-state index contributed by atoms with van der Waals surface area (Å²) in [7, 11) is 0. The SMILES string of the molecule is C1=Cc2cc3ccc(cc4nc(cc5ccc(cc1n2)[nH]5)C=C4)[nH]3.[Ru].[Ru]. The average molecular weight is 512 g/mol. The number of aromatic nitrogens is 4. The molecule has 4 nitrogen and oxygen atoms in total. The van der Waals surface area contributed by atoms with E-state index >= 15 is 0 Å². The minimum Gasteiger partial charge on any atom is -0.355 e. The number of hydrogen-bond acceptors (Lipinski definition) is 2. The molecule has 0 radical (unpaired) electrons.